The van der Waals surface area contributed by atoms with Crippen LogP contribution in [0.2, 0.25) is 5.02 Å². The molecular weight excluding hydrogens is 449 g/mol. The van der Waals surface area contributed by atoms with Crippen molar-refractivity contribution in [3.8, 4) is 5.75 Å². The largest absolute Gasteiger partial charge is 0.494 e. The summed E-state index contributed by atoms with van der Waals surface area (Å²) in [5.74, 6) is -0.264. The highest BCUT2D eigenvalue weighted by Gasteiger charge is 2.33. The van der Waals surface area contributed by atoms with Crippen molar-refractivity contribution in [2.45, 2.75) is 25.9 Å². The number of carbonyl (C=O) groups excluding carboxylic acids is 2. The molecule has 0 aliphatic carbocycles. The standard InChI is InChI=1S/C21H22ClF3N4O3/c1-2-32-16-5-3-13(4-6-16)19(30)27-28-20(31)14-7-9-29(10-8-14)18-17(22)11-15(12-26-18)21(23,24)25/h3-6,11-12,14H,2,7-10H2,1H3,(H,27,30)(H,28,31). The van der Waals surface area contributed by atoms with E-state index in [2.05, 4.69) is 15.8 Å². The van der Waals surface area contributed by atoms with Gasteiger partial charge in [0.2, 0.25) is 5.91 Å². The normalized spacial score (nSPS) is 14.7. The maximum atomic E-state index is 12.8. The lowest BCUT2D eigenvalue weighted by Gasteiger charge is -2.32. The number of benzene rings is 1. The highest BCUT2D eigenvalue weighted by Crippen LogP contribution is 2.34. The van der Waals surface area contributed by atoms with Crippen LogP contribution in [-0.2, 0) is 11.0 Å². The van der Waals surface area contributed by atoms with Gasteiger partial charge in [0.05, 0.1) is 17.2 Å². The summed E-state index contributed by atoms with van der Waals surface area (Å²) in [6, 6.07) is 7.35. The van der Waals surface area contributed by atoms with E-state index in [1.807, 2.05) is 6.92 Å². The smallest absolute Gasteiger partial charge is 0.417 e. The van der Waals surface area contributed by atoms with E-state index in [9.17, 15) is 22.8 Å². The number of aromatic nitrogens is 1. The van der Waals surface area contributed by atoms with E-state index in [-0.39, 0.29) is 22.7 Å². The van der Waals surface area contributed by atoms with Gasteiger partial charge in [-0.25, -0.2) is 4.98 Å². The van der Waals surface area contributed by atoms with Crippen molar-refractivity contribution in [2.24, 2.45) is 5.92 Å². The minimum Gasteiger partial charge on any atom is -0.494 e. The number of hydrogen-bond donors (Lipinski definition) is 2. The highest BCUT2D eigenvalue weighted by atomic mass is 35.5. The molecular formula is C21H22ClF3N4O3. The Morgan fingerprint density at radius 2 is 1.84 bits per heavy atom. The van der Waals surface area contributed by atoms with Crippen molar-refractivity contribution in [2.75, 3.05) is 24.6 Å². The van der Waals surface area contributed by atoms with Crippen LogP contribution in [-0.4, -0.2) is 36.5 Å². The number of nitrogens with zero attached hydrogens (tertiary/aromatic N) is 2. The topological polar surface area (TPSA) is 83.6 Å². The number of rotatable bonds is 5. The summed E-state index contributed by atoms with van der Waals surface area (Å²) >= 11 is 6.00. The second kappa shape index (κ2) is 10.1. The first kappa shape index (κ1) is 23.6. The van der Waals surface area contributed by atoms with Crippen LogP contribution >= 0.6 is 11.6 Å². The zero-order valence-electron chi connectivity index (χ0n) is 17.2. The number of hydrogen-bond acceptors (Lipinski definition) is 5. The number of alkyl halides is 3. The maximum absolute atomic E-state index is 12.8. The quantitative estimate of drug-likeness (QED) is 0.649. The summed E-state index contributed by atoms with van der Waals surface area (Å²) in [7, 11) is 0. The molecule has 0 bridgehead atoms. The molecule has 1 fully saturated rings. The molecule has 2 amide bonds. The molecule has 0 unspecified atom stereocenters. The second-order valence-corrected chi connectivity index (χ2v) is 7.60. The Morgan fingerprint density at radius 3 is 2.41 bits per heavy atom. The molecule has 0 radical (unpaired) electrons. The fraction of sp³-hybridized carbons (Fsp3) is 0.381. The molecule has 11 heteroatoms. The van der Waals surface area contributed by atoms with Crippen molar-refractivity contribution in [3.05, 3.63) is 52.7 Å². The molecule has 0 spiro atoms. The van der Waals surface area contributed by atoms with E-state index in [0.717, 1.165) is 12.3 Å². The van der Waals surface area contributed by atoms with E-state index >= 15 is 0 Å². The van der Waals surface area contributed by atoms with E-state index < -0.39 is 17.6 Å². The third kappa shape index (κ3) is 5.82. The summed E-state index contributed by atoms with van der Waals surface area (Å²) in [5.41, 5.74) is 4.27. The molecule has 0 saturated carbocycles. The van der Waals surface area contributed by atoms with Gasteiger partial charge in [-0.1, -0.05) is 11.6 Å². The summed E-state index contributed by atoms with van der Waals surface area (Å²) in [6.07, 6.45) is -2.90. The van der Waals surface area contributed by atoms with Crippen LogP contribution < -0.4 is 20.5 Å². The SMILES string of the molecule is CCOc1ccc(C(=O)NNC(=O)C2CCN(c3ncc(C(F)(F)F)cc3Cl)CC2)cc1. The fourth-order valence-electron chi connectivity index (χ4n) is 3.33. The number of hydrazine groups is 1. The molecule has 3 rings (SSSR count). The molecule has 1 aromatic carbocycles. The van der Waals surface area contributed by atoms with Crippen LogP contribution in [0.1, 0.15) is 35.7 Å². The number of piperidine rings is 1. The monoisotopic (exact) mass is 470 g/mol. The first-order valence-corrected chi connectivity index (χ1v) is 10.4. The van der Waals surface area contributed by atoms with Gasteiger partial charge in [-0.2, -0.15) is 13.2 Å². The first-order valence-electron chi connectivity index (χ1n) is 9.99. The van der Waals surface area contributed by atoms with E-state index in [1.54, 1.807) is 29.2 Å². The lowest BCUT2D eigenvalue weighted by Crippen LogP contribution is -2.47. The Labute approximate surface area is 187 Å². The molecule has 1 aliphatic rings. The van der Waals surface area contributed by atoms with Crippen LogP contribution in [0.25, 0.3) is 0 Å². The molecule has 32 heavy (non-hydrogen) atoms. The number of anilines is 1. The average molecular weight is 471 g/mol. The van der Waals surface area contributed by atoms with Crippen LogP contribution in [0.4, 0.5) is 19.0 Å². The molecule has 1 saturated heterocycles. The minimum atomic E-state index is -4.52. The third-order valence-corrected chi connectivity index (χ3v) is 5.32. The number of nitrogens with one attached hydrogen (secondary N) is 2. The van der Waals surface area contributed by atoms with Gasteiger partial charge < -0.3 is 9.64 Å². The van der Waals surface area contributed by atoms with Crippen LogP contribution in [0.3, 0.4) is 0 Å². The predicted octanol–water partition coefficient (Wildman–Crippen LogP) is 3.83. The van der Waals surface area contributed by atoms with Gasteiger partial charge in [-0.3, -0.25) is 20.4 Å². The molecule has 2 N–H and O–H groups in total. The summed E-state index contributed by atoms with van der Waals surface area (Å²) < 4.78 is 43.6. The van der Waals surface area contributed by atoms with Gasteiger partial charge >= 0.3 is 6.18 Å². The number of carbonyl (C=O) groups is 2. The summed E-state index contributed by atoms with van der Waals surface area (Å²) in [4.78, 5) is 30.2. The predicted molar refractivity (Wildman–Crippen MR) is 112 cm³/mol. The zero-order valence-corrected chi connectivity index (χ0v) is 18.0. The number of pyridine rings is 1. The molecule has 0 atom stereocenters. The maximum Gasteiger partial charge on any atom is 0.417 e. The Balaban J connectivity index is 1.49. The summed E-state index contributed by atoms with van der Waals surface area (Å²) in [5, 5.41) is -0.0923. The highest BCUT2D eigenvalue weighted by molar-refractivity contribution is 6.33. The Kier molecular flexibility index (Phi) is 7.44. The Bertz CT molecular complexity index is 962. The summed E-state index contributed by atoms with van der Waals surface area (Å²) in [6.45, 7) is 3.16. The van der Waals surface area contributed by atoms with Gasteiger partial charge in [0.25, 0.3) is 5.91 Å². The Hall–Kier alpha value is -3.01. The lowest BCUT2D eigenvalue weighted by molar-refractivity contribution is -0.137. The molecule has 1 aliphatic heterocycles. The van der Waals surface area contributed by atoms with Crippen LogP contribution in [0.5, 0.6) is 5.75 Å². The Morgan fingerprint density at radius 1 is 1.19 bits per heavy atom. The molecule has 1 aromatic heterocycles. The lowest BCUT2D eigenvalue weighted by atomic mass is 9.96. The molecule has 7 nitrogen and oxygen atoms in total. The molecule has 2 aromatic rings. The van der Waals surface area contributed by atoms with Crippen molar-refractivity contribution in [3.63, 3.8) is 0 Å². The molecule has 172 valence electrons. The van der Waals surface area contributed by atoms with Gasteiger partial charge in [-0.15, -0.1) is 0 Å². The zero-order chi connectivity index (χ0) is 23.3. The van der Waals surface area contributed by atoms with Gasteiger partial charge in [-0.05, 0) is 50.1 Å². The molecule has 2 heterocycles. The van der Waals surface area contributed by atoms with Crippen LogP contribution in [0.15, 0.2) is 36.5 Å². The number of halogens is 4. The van der Waals surface area contributed by atoms with Gasteiger partial charge in [0.15, 0.2) is 0 Å². The van der Waals surface area contributed by atoms with Crippen molar-refractivity contribution in [1.29, 1.82) is 0 Å². The number of ether oxygens (including phenoxy) is 1. The third-order valence-electron chi connectivity index (χ3n) is 5.04. The second-order valence-electron chi connectivity index (χ2n) is 7.19. The van der Waals surface area contributed by atoms with Gasteiger partial charge in [0.1, 0.15) is 11.6 Å². The van der Waals surface area contributed by atoms with Crippen molar-refractivity contribution >= 4 is 29.2 Å². The first-order chi connectivity index (χ1) is 15.2. The minimum absolute atomic E-state index is 0.0923. The van der Waals surface area contributed by atoms with Gasteiger partial charge in [0, 0.05) is 30.8 Å². The van der Waals surface area contributed by atoms with Crippen molar-refractivity contribution < 1.29 is 27.5 Å². The number of amides is 2. The van der Waals surface area contributed by atoms with Crippen molar-refractivity contribution in [1.82, 2.24) is 15.8 Å². The van der Waals surface area contributed by atoms with E-state index in [0.29, 0.717) is 43.9 Å². The van der Waals surface area contributed by atoms with E-state index in [4.69, 9.17) is 16.3 Å². The van der Waals surface area contributed by atoms with Crippen LogP contribution in [0, 0.1) is 5.92 Å². The van der Waals surface area contributed by atoms with E-state index in [1.165, 1.54) is 0 Å². The average Bonchev–Trinajstić information content (AvgIpc) is 2.77. The fourth-order valence-corrected chi connectivity index (χ4v) is 3.62.